The number of aryl methyl sites for hydroxylation is 1. The highest BCUT2D eigenvalue weighted by molar-refractivity contribution is 5.96. The Labute approximate surface area is 127 Å². The van der Waals surface area contributed by atoms with Crippen molar-refractivity contribution in [3.8, 4) is 11.8 Å². The van der Waals surface area contributed by atoms with E-state index in [0.717, 1.165) is 42.6 Å². The van der Waals surface area contributed by atoms with Crippen molar-refractivity contribution < 1.29 is 9.90 Å². The number of carbonyl (C=O) groups is 1. The summed E-state index contributed by atoms with van der Waals surface area (Å²) in [6.07, 6.45) is 5.90. The zero-order chi connectivity index (χ0) is 15.1. The maximum Gasteiger partial charge on any atom is 0.254 e. The number of rotatable bonds is 1. The fourth-order valence-corrected chi connectivity index (χ4v) is 2.69. The monoisotopic (exact) mass is 285 g/mol. The Balaban J connectivity index is 2.20. The van der Waals surface area contributed by atoms with Crippen LogP contribution < -0.4 is 0 Å². The van der Waals surface area contributed by atoms with Crippen molar-refractivity contribution in [1.29, 1.82) is 0 Å². The molecule has 1 aliphatic heterocycles. The van der Waals surface area contributed by atoms with Crippen LogP contribution in [-0.4, -0.2) is 35.6 Å². The van der Waals surface area contributed by atoms with Gasteiger partial charge in [0.1, 0.15) is 6.61 Å². The highest BCUT2D eigenvalue weighted by Gasteiger charge is 2.18. The van der Waals surface area contributed by atoms with E-state index in [1.807, 2.05) is 30.0 Å². The predicted octanol–water partition coefficient (Wildman–Crippen LogP) is 2.75. The van der Waals surface area contributed by atoms with Crippen LogP contribution in [0.5, 0.6) is 0 Å². The van der Waals surface area contributed by atoms with Crippen LogP contribution in [0, 0.1) is 18.8 Å². The largest absolute Gasteiger partial charge is 0.384 e. The first-order valence-corrected chi connectivity index (χ1v) is 7.72. The molecule has 3 nitrogen and oxygen atoms in total. The van der Waals surface area contributed by atoms with Gasteiger partial charge in [-0.05, 0) is 37.5 Å². The first kappa shape index (κ1) is 15.6. The molecule has 0 atom stereocenters. The topological polar surface area (TPSA) is 40.5 Å². The number of likely N-dealkylation sites (tertiary alicyclic amines) is 1. The molecule has 1 heterocycles. The van der Waals surface area contributed by atoms with Crippen LogP contribution in [0.1, 0.15) is 53.6 Å². The molecule has 21 heavy (non-hydrogen) atoms. The first-order valence-electron chi connectivity index (χ1n) is 7.72. The number of hydrogen-bond donors (Lipinski definition) is 1. The molecule has 0 spiro atoms. The van der Waals surface area contributed by atoms with Gasteiger partial charge in [-0.15, -0.1) is 0 Å². The highest BCUT2D eigenvalue weighted by Crippen LogP contribution is 2.17. The summed E-state index contributed by atoms with van der Waals surface area (Å²) in [4.78, 5) is 14.7. The smallest absolute Gasteiger partial charge is 0.254 e. The van der Waals surface area contributed by atoms with Gasteiger partial charge in [-0.25, -0.2) is 0 Å². The van der Waals surface area contributed by atoms with Gasteiger partial charge in [-0.2, -0.15) is 0 Å². The predicted molar refractivity (Wildman–Crippen MR) is 84.1 cm³/mol. The molecule has 0 bridgehead atoms. The Morgan fingerprint density at radius 2 is 1.86 bits per heavy atom. The van der Waals surface area contributed by atoms with Crippen LogP contribution in [0.2, 0.25) is 0 Å². The van der Waals surface area contributed by atoms with Crippen LogP contribution in [0.4, 0.5) is 0 Å². The summed E-state index contributed by atoms with van der Waals surface area (Å²) in [7, 11) is 0. The van der Waals surface area contributed by atoms with Gasteiger partial charge in [-0.1, -0.05) is 37.2 Å². The van der Waals surface area contributed by atoms with E-state index in [2.05, 4.69) is 11.8 Å². The van der Waals surface area contributed by atoms with Gasteiger partial charge < -0.3 is 10.0 Å². The second-order valence-electron chi connectivity index (χ2n) is 5.55. The second kappa shape index (κ2) is 7.85. The molecule has 2 rings (SSSR count). The van der Waals surface area contributed by atoms with E-state index in [4.69, 9.17) is 5.11 Å². The number of aliphatic hydroxyl groups is 1. The zero-order valence-electron chi connectivity index (χ0n) is 12.7. The molecule has 1 fully saturated rings. The highest BCUT2D eigenvalue weighted by atomic mass is 16.2. The van der Waals surface area contributed by atoms with Crippen LogP contribution in [0.3, 0.4) is 0 Å². The summed E-state index contributed by atoms with van der Waals surface area (Å²) in [6.45, 7) is 3.50. The van der Waals surface area contributed by atoms with Crippen molar-refractivity contribution in [2.75, 3.05) is 19.7 Å². The molecule has 0 saturated carbocycles. The lowest BCUT2D eigenvalue weighted by molar-refractivity contribution is 0.0741. The molecule has 0 aliphatic carbocycles. The summed E-state index contributed by atoms with van der Waals surface area (Å²) < 4.78 is 0. The average molecular weight is 285 g/mol. The number of hydrogen-bond acceptors (Lipinski definition) is 2. The molecule has 1 aromatic rings. The third-order valence-corrected chi connectivity index (χ3v) is 3.92. The molecule has 1 aromatic carbocycles. The van der Waals surface area contributed by atoms with E-state index in [9.17, 15) is 4.79 Å². The minimum Gasteiger partial charge on any atom is -0.384 e. The SMILES string of the molecule is Cc1ccc(C#CCO)cc1C(=O)N1CCCCCCC1. The maximum atomic E-state index is 12.7. The van der Waals surface area contributed by atoms with Gasteiger partial charge in [0.25, 0.3) is 5.91 Å². The van der Waals surface area contributed by atoms with Gasteiger partial charge in [0, 0.05) is 24.2 Å². The standard InChI is InChI=1S/C18H23NO2/c1-15-9-10-16(8-7-13-20)14-17(15)18(21)19-11-5-3-2-4-6-12-19/h9-10,14,20H,2-6,11-13H2,1H3. The van der Waals surface area contributed by atoms with E-state index in [1.54, 1.807) is 0 Å². The molecule has 0 aromatic heterocycles. The lowest BCUT2D eigenvalue weighted by Gasteiger charge is -2.25. The van der Waals surface area contributed by atoms with Gasteiger partial charge in [0.2, 0.25) is 0 Å². The fourth-order valence-electron chi connectivity index (χ4n) is 2.69. The quantitative estimate of drug-likeness (QED) is 0.806. The number of amides is 1. The molecule has 1 aliphatic rings. The van der Waals surface area contributed by atoms with Crippen LogP contribution in [-0.2, 0) is 0 Å². The van der Waals surface area contributed by atoms with E-state index in [-0.39, 0.29) is 12.5 Å². The van der Waals surface area contributed by atoms with Crippen molar-refractivity contribution in [3.63, 3.8) is 0 Å². The van der Waals surface area contributed by atoms with Crippen LogP contribution in [0.25, 0.3) is 0 Å². The van der Waals surface area contributed by atoms with Gasteiger partial charge in [0.05, 0.1) is 0 Å². The fraction of sp³-hybridized carbons (Fsp3) is 0.500. The Morgan fingerprint density at radius 3 is 2.52 bits per heavy atom. The summed E-state index contributed by atoms with van der Waals surface area (Å²) in [5, 5.41) is 8.77. The third-order valence-electron chi connectivity index (χ3n) is 3.92. The Hall–Kier alpha value is -1.79. The van der Waals surface area contributed by atoms with Gasteiger partial charge in [0.15, 0.2) is 0 Å². The van der Waals surface area contributed by atoms with Crippen LogP contribution >= 0.6 is 0 Å². The minimum absolute atomic E-state index is 0.113. The molecule has 0 unspecified atom stereocenters. The number of aliphatic hydroxyl groups excluding tert-OH is 1. The Morgan fingerprint density at radius 1 is 1.19 bits per heavy atom. The molecule has 1 amide bonds. The molecular weight excluding hydrogens is 262 g/mol. The van der Waals surface area contributed by atoms with E-state index in [1.165, 1.54) is 19.3 Å². The van der Waals surface area contributed by atoms with E-state index >= 15 is 0 Å². The third kappa shape index (κ3) is 4.34. The summed E-state index contributed by atoms with van der Waals surface area (Å²) in [5.41, 5.74) is 2.50. The summed E-state index contributed by atoms with van der Waals surface area (Å²) in [5.74, 6) is 5.61. The molecule has 1 N–H and O–H groups in total. The molecule has 1 saturated heterocycles. The first-order chi connectivity index (χ1) is 10.2. The molecule has 112 valence electrons. The van der Waals surface area contributed by atoms with E-state index < -0.39 is 0 Å². The van der Waals surface area contributed by atoms with Crippen molar-refractivity contribution in [1.82, 2.24) is 4.90 Å². The molecular formula is C18H23NO2. The normalized spacial score (nSPS) is 15.6. The lowest BCUT2D eigenvalue weighted by Crippen LogP contribution is -2.34. The van der Waals surface area contributed by atoms with Crippen molar-refractivity contribution >= 4 is 5.91 Å². The summed E-state index contributed by atoms with van der Waals surface area (Å²) in [6, 6.07) is 5.67. The van der Waals surface area contributed by atoms with Crippen LogP contribution in [0.15, 0.2) is 18.2 Å². The Kier molecular flexibility index (Phi) is 5.83. The lowest BCUT2D eigenvalue weighted by atomic mass is 10.0. The van der Waals surface area contributed by atoms with E-state index in [0.29, 0.717) is 0 Å². The second-order valence-corrected chi connectivity index (χ2v) is 5.55. The number of benzene rings is 1. The number of nitrogens with zero attached hydrogens (tertiary/aromatic N) is 1. The number of carbonyl (C=O) groups excluding carboxylic acids is 1. The van der Waals surface area contributed by atoms with Crippen molar-refractivity contribution in [2.45, 2.75) is 39.0 Å². The Bertz CT molecular complexity index is 546. The maximum absolute atomic E-state index is 12.7. The average Bonchev–Trinajstić information content (AvgIpc) is 2.45. The summed E-state index contributed by atoms with van der Waals surface area (Å²) >= 11 is 0. The zero-order valence-corrected chi connectivity index (χ0v) is 12.7. The molecule has 0 radical (unpaired) electrons. The minimum atomic E-state index is -0.163. The van der Waals surface area contributed by atoms with Crippen molar-refractivity contribution in [2.24, 2.45) is 0 Å². The van der Waals surface area contributed by atoms with Crippen molar-refractivity contribution in [3.05, 3.63) is 34.9 Å². The van der Waals surface area contributed by atoms with Gasteiger partial charge in [-0.3, -0.25) is 4.79 Å². The van der Waals surface area contributed by atoms with Gasteiger partial charge >= 0.3 is 0 Å². The molecule has 3 heteroatoms.